The molecule has 0 saturated heterocycles. The first kappa shape index (κ1) is 7.41. The van der Waals surface area contributed by atoms with Gasteiger partial charge in [0.05, 0.1) is 6.20 Å². The number of hydrogen-bond acceptors (Lipinski definition) is 3. The SMILES string of the molecule is O=C(O)O.c1c[nH]nn1. The van der Waals surface area contributed by atoms with E-state index in [4.69, 9.17) is 15.0 Å². The van der Waals surface area contributed by atoms with Crippen molar-refractivity contribution < 1.29 is 15.0 Å². The van der Waals surface area contributed by atoms with Crippen LogP contribution in [0, 0.1) is 0 Å². The number of aromatic nitrogens is 3. The molecule has 0 spiro atoms. The molecule has 50 valence electrons. The fourth-order valence-electron chi connectivity index (χ4n) is 0.167. The van der Waals surface area contributed by atoms with E-state index in [1.807, 2.05) is 0 Å². The number of carbonyl (C=O) groups is 1. The Hall–Kier alpha value is -1.59. The largest absolute Gasteiger partial charge is 0.503 e. The number of rotatable bonds is 0. The number of nitrogens with zero attached hydrogens (tertiary/aromatic N) is 2. The van der Waals surface area contributed by atoms with Gasteiger partial charge in [0, 0.05) is 6.20 Å². The van der Waals surface area contributed by atoms with E-state index in [-0.39, 0.29) is 0 Å². The minimum Gasteiger partial charge on any atom is -0.450 e. The van der Waals surface area contributed by atoms with Gasteiger partial charge in [-0.2, -0.15) is 0 Å². The van der Waals surface area contributed by atoms with Gasteiger partial charge >= 0.3 is 6.16 Å². The normalized spacial score (nSPS) is 7.11. The quantitative estimate of drug-likeness (QED) is 0.461. The van der Waals surface area contributed by atoms with Crippen molar-refractivity contribution in [3.63, 3.8) is 0 Å². The van der Waals surface area contributed by atoms with Crippen LogP contribution in [0.25, 0.3) is 0 Å². The zero-order valence-electron chi connectivity index (χ0n) is 4.35. The van der Waals surface area contributed by atoms with E-state index in [1.165, 1.54) is 0 Å². The van der Waals surface area contributed by atoms with Crippen molar-refractivity contribution in [3.05, 3.63) is 12.4 Å². The molecular formula is C3H5N3O3. The summed E-state index contributed by atoms with van der Waals surface area (Å²) in [5.41, 5.74) is 0. The van der Waals surface area contributed by atoms with Gasteiger partial charge in [0.15, 0.2) is 0 Å². The van der Waals surface area contributed by atoms with Crippen LogP contribution in [0.5, 0.6) is 0 Å². The summed E-state index contributed by atoms with van der Waals surface area (Å²) in [6, 6.07) is 0. The Kier molecular flexibility index (Phi) is 3.76. The summed E-state index contributed by atoms with van der Waals surface area (Å²) in [4.78, 5) is 8.56. The maximum Gasteiger partial charge on any atom is 0.503 e. The second-order valence-electron chi connectivity index (χ2n) is 0.943. The molecule has 0 aromatic carbocycles. The van der Waals surface area contributed by atoms with Gasteiger partial charge in [-0.15, -0.1) is 5.10 Å². The molecule has 1 rings (SSSR count). The van der Waals surface area contributed by atoms with Crippen LogP contribution in [-0.4, -0.2) is 31.8 Å². The van der Waals surface area contributed by atoms with Crippen molar-refractivity contribution >= 4 is 6.16 Å². The van der Waals surface area contributed by atoms with E-state index in [0.717, 1.165) is 0 Å². The van der Waals surface area contributed by atoms with Crippen LogP contribution < -0.4 is 0 Å². The average Bonchev–Trinajstić information content (AvgIpc) is 2.11. The monoisotopic (exact) mass is 131 g/mol. The molecule has 0 atom stereocenters. The Bertz CT molecular complexity index is 128. The van der Waals surface area contributed by atoms with E-state index in [0.29, 0.717) is 0 Å². The average molecular weight is 131 g/mol. The molecule has 6 heteroatoms. The number of nitrogens with one attached hydrogen (secondary N) is 1. The fraction of sp³-hybridized carbons (Fsp3) is 0. The zero-order valence-corrected chi connectivity index (χ0v) is 4.35. The first-order valence-corrected chi connectivity index (χ1v) is 1.96. The highest BCUT2D eigenvalue weighted by Crippen LogP contribution is 1.55. The van der Waals surface area contributed by atoms with Gasteiger partial charge in [-0.05, 0) is 0 Å². The lowest BCUT2D eigenvalue weighted by molar-refractivity contribution is 0.137. The molecule has 0 bridgehead atoms. The van der Waals surface area contributed by atoms with Crippen molar-refractivity contribution in [2.24, 2.45) is 0 Å². The summed E-state index contributed by atoms with van der Waals surface area (Å²) < 4.78 is 0. The summed E-state index contributed by atoms with van der Waals surface area (Å²) >= 11 is 0. The molecule has 0 unspecified atom stereocenters. The van der Waals surface area contributed by atoms with Crippen LogP contribution in [0.2, 0.25) is 0 Å². The summed E-state index contributed by atoms with van der Waals surface area (Å²) in [6.45, 7) is 0. The predicted octanol–water partition coefficient (Wildman–Crippen LogP) is 0.0271. The smallest absolute Gasteiger partial charge is 0.450 e. The van der Waals surface area contributed by atoms with E-state index >= 15 is 0 Å². The van der Waals surface area contributed by atoms with Crippen LogP contribution in [-0.2, 0) is 0 Å². The zero-order chi connectivity index (χ0) is 7.11. The first-order chi connectivity index (χ1) is 4.23. The van der Waals surface area contributed by atoms with Gasteiger partial charge < -0.3 is 10.2 Å². The molecule has 3 N–H and O–H groups in total. The third kappa shape index (κ3) is 10.7. The van der Waals surface area contributed by atoms with Gasteiger partial charge in [-0.1, -0.05) is 5.21 Å². The Morgan fingerprint density at radius 3 is 2.22 bits per heavy atom. The minimum atomic E-state index is -1.83. The first-order valence-electron chi connectivity index (χ1n) is 1.96. The molecular weight excluding hydrogens is 126 g/mol. The Labute approximate surface area is 50.1 Å². The minimum absolute atomic E-state index is 1.58. The second-order valence-corrected chi connectivity index (χ2v) is 0.943. The lowest BCUT2D eigenvalue weighted by atomic mass is 11.0. The molecule has 0 amide bonds. The summed E-state index contributed by atoms with van der Waals surface area (Å²) in [7, 11) is 0. The van der Waals surface area contributed by atoms with Gasteiger partial charge in [-0.3, -0.25) is 5.10 Å². The number of aromatic amines is 1. The molecule has 6 nitrogen and oxygen atoms in total. The molecule has 1 aromatic rings. The highest BCUT2D eigenvalue weighted by Gasteiger charge is 1.70. The highest BCUT2D eigenvalue weighted by atomic mass is 16.6. The molecule has 0 radical (unpaired) electrons. The standard InChI is InChI=1S/C2H3N3.CH2O3/c1-2-4-5-3-1;2-1(3)4/h1-2H,(H,3,4,5);(H2,2,3,4). The van der Waals surface area contributed by atoms with E-state index in [9.17, 15) is 0 Å². The second kappa shape index (κ2) is 4.57. The van der Waals surface area contributed by atoms with Crippen molar-refractivity contribution in [2.45, 2.75) is 0 Å². The summed E-state index contributed by atoms with van der Waals surface area (Å²) in [6.07, 6.45) is 1.40. The predicted molar refractivity (Wildman–Crippen MR) is 27.0 cm³/mol. The number of hydrogen-bond donors (Lipinski definition) is 3. The summed E-state index contributed by atoms with van der Waals surface area (Å²) in [5.74, 6) is 0. The molecule has 0 aliphatic rings. The van der Waals surface area contributed by atoms with Gasteiger partial charge in [0.1, 0.15) is 0 Å². The third-order valence-corrected chi connectivity index (χ3v) is 0.331. The molecule has 0 saturated carbocycles. The Morgan fingerprint density at radius 1 is 1.56 bits per heavy atom. The van der Waals surface area contributed by atoms with Crippen molar-refractivity contribution in [2.75, 3.05) is 0 Å². The maximum absolute atomic E-state index is 8.56. The lowest BCUT2D eigenvalue weighted by Gasteiger charge is -1.60. The molecule has 0 aliphatic carbocycles. The molecule has 0 fully saturated rings. The Balaban J connectivity index is 0.000000148. The van der Waals surface area contributed by atoms with Crippen LogP contribution >= 0.6 is 0 Å². The third-order valence-electron chi connectivity index (χ3n) is 0.331. The molecule has 0 aliphatic heterocycles. The number of H-pyrrole nitrogens is 1. The van der Waals surface area contributed by atoms with Crippen molar-refractivity contribution in [1.82, 2.24) is 15.4 Å². The molecule has 9 heavy (non-hydrogen) atoms. The van der Waals surface area contributed by atoms with E-state index in [1.54, 1.807) is 12.4 Å². The Morgan fingerprint density at radius 2 is 2.11 bits per heavy atom. The molecule has 1 heterocycles. The highest BCUT2D eigenvalue weighted by molar-refractivity contribution is 5.53. The van der Waals surface area contributed by atoms with Crippen LogP contribution in [0.3, 0.4) is 0 Å². The fourth-order valence-corrected chi connectivity index (χ4v) is 0.167. The van der Waals surface area contributed by atoms with Gasteiger partial charge in [0.2, 0.25) is 0 Å². The maximum atomic E-state index is 8.56. The van der Waals surface area contributed by atoms with E-state index < -0.39 is 6.16 Å². The van der Waals surface area contributed by atoms with Crippen LogP contribution in [0.4, 0.5) is 4.79 Å². The van der Waals surface area contributed by atoms with Crippen molar-refractivity contribution in [1.29, 1.82) is 0 Å². The topological polar surface area (TPSA) is 99.1 Å². The van der Waals surface area contributed by atoms with Crippen molar-refractivity contribution in [3.8, 4) is 0 Å². The van der Waals surface area contributed by atoms with Crippen LogP contribution in [0.1, 0.15) is 0 Å². The molecule has 1 aromatic heterocycles. The van der Waals surface area contributed by atoms with Crippen LogP contribution in [0.15, 0.2) is 12.4 Å². The van der Waals surface area contributed by atoms with Gasteiger partial charge in [0.25, 0.3) is 0 Å². The summed E-state index contributed by atoms with van der Waals surface area (Å²) in [5, 5.41) is 23.2. The van der Waals surface area contributed by atoms with E-state index in [2.05, 4.69) is 15.4 Å². The number of carboxylic acid groups (broad SMARTS) is 2. The van der Waals surface area contributed by atoms with Gasteiger partial charge in [-0.25, -0.2) is 4.79 Å². The lowest BCUT2D eigenvalue weighted by Crippen LogP contribution is -1.81.